The Morgan fingerprint density at radius 1 is 1.55 bits per heavy atom. The number of carbonyl (C=O) groups is 1. The molecule has 0 saturated carbocycles. The molecule has 0 bridgehead atoms. The van der Waals surface area contributed by atoms with Crippen LogP contribution in [0, 0.1) is 12.8 Å². The van der Waals surface area contributed by atoms with E-state index in [1.165, 1.54) is 0 Å². The SMILES string of the molecule is Cc1cc(OCCCC(=O)N2CCC(C(C)O)C2)ccc1Cl. The lowest BCUT2D eigenvalue weighted by molar-refractivity contribution is -0.130. The standard InChI is InChI=1S/C17H24ClNO3/c1-12-10-15(5-6-16(12)18)22-9-3-4-17(21)19-8-7-14(11-19)13(2)20/h5-6,10,13-14,20H,3-4,7-9,11H2,1-2H3. The highest BCUT2D eigenvalue weighted by Crippen LogP contribution is 2.22. The van der Waals surface area contributed by atoms with Crippen molar-refractivity contribution in [2.24, 2.45) is 5.92 Å². The van der Waals surface area contributed by atoms with Crippen molar-refractivity contribution in [3.63, 3.8) is 0 Å². The molecule has 1 amide bonds. The molecule has 0 aliphatic carbocycles. The van der Waals surface area contributed by atoms with Gasteiger partial charge < -0.3 is 14.7 Å². The molecule has 22 heavy (non-hydrogen) atoms. The summed E-state index contributed by atoms with van der Waals surface area (Å²) in [6, 6.07) is 5.56. The molecule has 1 aromatic rings. The summed E-state index contributed by atoms with van der Waals surface area (Å²) in [7, 11) is 0. The number of hydrogen-bond donors (Lipinski definition) is 1. The lowest BCUT2D eigenvalue weighted by Crippen LogP contribution is -2.30. The zero-order chi connectivity index (χ0) is 16.1. The topological polar surface area (TPSA) is 49.8 Å². The zero-order valence-corrected chi connectivity index (χ0v) is 14.0. The van der Waals surface area contributed by atoms with Crippen molar-refractivity contribution >= 4 is 17.5 Å². The molecule has 5 heteroatoms. The third kappa shape index (κ3) is 4.62. The first-order valence-electron chi connectivity index (χ1n) is 7.82. The number of benzene rings is 1. The van der Waals surface area contributed by atoms with E-state index in [0.29, 0.717) is 26.0 Å². The number of aliphatic hydroxyl groups excluding tert-OH is 1. The molecule has 2 unspecified atom stereocenters. The van der Waals surface area contributed by atoms with Gasteiger partial charge >= 0.3 is 0 Å². The molecule has 1 saturated heterocycles. The van der Waals surface area contributed by atoms with Crippen molar-refractivity contribution in [2.75, 3.05) is 19.7 Å². The van der Waals surface area contributed by atoms with E-state index in [1.54, 1.807) is 6.92 Å². The van der Waals surface area contributed by atoms with Crippen molar-refractivity contribution in [3.8, 4) is 5.75 Å². The average Bonchev–Trinajstić information content (AvgIpc) is 2.97. The fourth-order valence-corrected chi connectivity index (χ4v) is 2.80. The molecule has 2 atom stereocenters. The van der Waals surface area contributed by atoms with Gasteiger partial charge in [-0.05, 0) is 50.5 Å². The first kappa shape index (κ1) is 17.1. The molecule has 1 aromatic carbocycles. The Labute approximate surface area is 137 Å². The zero-order valence-electron chi connectivity index (χ0n) is 13.2. The predicted molar refractivity (Wildman–Crippen MR) is 87.3 cm³/mol. The monoisotopic (exact) mass is 325 g/mol. The van der Waals surface area contributed by atoms with Gasteiger partial charge in [-0.1, -0.05) is 11.6 Å². The summed E-state index contributed by atoms with van der Waals surface area (Å²) in [5, 5.41) is 10.3. The number of hydrogen-bond acceptors (Lipinski definition) is 3. The molecular formula is C17H24ClNO3. The van der Waals surface area contributed by atoms with Crippen LogP contribution in [0.2, 0.25) is 5.02 Å². The fourth-order valence-electron chi connectivity index (χ4n) is 2.69. The van der Waals surface area contributed by atoms with E-state index in [2.05, 4.69) is 0 Å². The molecular weight excluding hydrogens is 302 g/mol. The van der Waals surface area contributed by atoms with E-state index in [-0.39, 0.29) is 17.9 Å². The Balaban J connectivity index is 1.68. The largest absolute Gasteiger partial charge is 0.494 e. The van der Waals surface area contributed by atoms with E-state index in [9.17, 15) is 9.90 Å². The first-order valence-corrected chi connectivity index (χ1v) is 8.20. The second-order valence-electron chi connectivity index (χ2n) is 5.99. The Hall–Kier alpha value is -1.26. The fraction of sp³-hybridized carbons (Fsp3) is 0.588. The Kier molecular flexibility index (Phi) is 6.09. The van der Waals surface area contributed by atoms with Crippen LogP contribution >= 0.6 is 11.6 Å². The molecule has 1 N–H and O–H groups in total. The maximum atomic E-state index is 12.1. The number of nitrogens with zero attached hydrogens (tertiary/aromatic N) is 1. The van der Waals surface area contributed by atoms with E-state index in [1.807, 2.05) is 30.0 Å². The molecule has 1 aliphatic heterocycles. The van der Waals surface area contributed by atoms with E-state index >= 15 is 0 Å². The van der Waals surface area contributed by atoms with Crippen LogP contribution in [0.1, 0.15) is 31.7 Å². The summed E-state index contributed by atoms with van der Waals surface area (Å²) in [5.41, 5.74) is 0.983. The van der Waals surface area contributed by atoms with E-state index in [4.69, 9.17) is 16.3 Å². The second kappa shape index (κ2) is 7.84. The van der Waals surface area contributed by atoms with Crippen molar-refractivity contribution in [3.05, 3.63) is 28.8 Å². The number of carbonyl (C=O) groups excluding carboxylic acids is 1. The van der Waals surface area contributed by atoms with Crippen LogP contribution in [0.25, 0.3) is 0 Å². The summed E-state index contributed by atoms with van der Waals surface area (Å²) in [4.78, 5) is 13.9. The van der Waals surface area contributed by atoms with Gasteiger partial charge in [-0.25, -0.2) is 0 Å². The van der Waals surface area contributed by atoms with E-state index in [0.717, 1.165) is 29.3 Å². The van der Waals surface area contributed by atoms with Crippen molar-refractivity contribution in [1.29, 1.82) is 0 Å². The van der Waals surface area contributed by atoms with Crippen LogP contribution in [0.5, 0.6) is 5.75 Å². The Morgan fingerprint density at radius 3 is 2.95 bits per heavy atom. The molecule has 0 radical (unpaired) electrons. The lowest BCUT2D eigenvalue weighted by atomic mass is 10.0. The van der Waals surface area contributed by atoms with Gasteiger partial charge in [-0.3, -0.25) is 4.79 Å². The molecule has 0 aromatic heterocycles. The first-order chi connectivity index (χ1) is 10.5. The normalized spacial score (nSPS) is 19.3. The van der Waals surface area contributed by atoms with Crippen LogP contribution in [0.4, 0.5) is 0 Å². The third-order valence-electron chi connectivity index (χ3n) is 4.19. The average molecular weight is 326 g/mol. The minimum absolute atomic E-state index is 0.152. The summed E-state index contributed by atoms with van der Waals surface area (Å²) in [6.07, 6.45) is 1.73. The highest BCUT2D eigenvalue weighted by molar-refractivity contribution is 6.31. The van der Waals surface area contributed by atoms with Crippen molar-refractivity contribution in [1.82, 2.24) is 4.90 Å². The van der Waals surface area contributed by atoms with Gasteiger partial charge in [0.1, 0.15) is 5.75 Å². The van der Waals surface area contributed by atoms with Gasteiger partial charge in [0.05, 0.1) is 12.7 Å². The summed E-state index contributed by atoms with van der Waals surface area (Å²) in [6.45, 7) is 5.67. The Morgan fingerprint density at radius 2 is 2.32 bits per heavy atom. The highest BCUT2D eigenvalue weighted by Gasteiger charge is 2.28. The second-order valence-corrected chi connectivity index (χ2v) is 6.40. The predicted octanol–water partition coefficient (Wildman–Crippen LogP) is 3.04. The molecule has 4 nitrogen and oxygen atoms in total. The molecule has 1 aliphatic rings. The van der Waals surface area contributed by atoms with Gasteiger partial charge in [0.2, 0.25) is 5.91 Å². The van der Waals surface area contributed by atoms with Gasteiger partial charge in [0, 0.05) is 30.5 Å². The molecule has 122 valence electrons. The van der Waals surface area contributed by atoms with Crippen LogP contribution in [-0.2, 0) is 4.79 Å². The molecule has 1 heterocycles. The number of rotatable bonds is 6. The third-order valence-corrected chi connectivity index (χ3v) is 4.62. The van der Waals surface area contributed by atoms with Crippen molar-refractivity contribution in [2.45, 2.75) is 39.2 Å². The van der Waals surface area contributed by atoms with Crippen LogP contribution in [0.3, 0.4) is 0 Å². The number of aliphatic hydroxyl groups is 1. The van der Waals surface area contributed by atoms with Crippen LogP contribution in [0.15, 0.2) is 18.2 Å². The molecule has 2 rings (SSSR count). The highest BCUT2D eigenvalue weighted by atomic mass is 35.5. The minimum atomic E-state index is -0.339. The summed E-state index contributed by atoms with van der Waals surface area (Å²) in [5.74, 6) is 1.15. The molecule has 0 spiro atoms. The number of halogens is 1. The summed E-state index contributed by atoms with van der Waals surface area (Å²) < 4.78 is 5.64. The number of amides is 1. The summed E-state index contributed by atoms with van der Waals surface area (Å²) >= 11 is 5.97. The van der Waals surface area contributed by atoms with E-state index < -0.39 is 0 Å². The van der Waals surface area contributed by atoms with Crippen molar-refractivity contribution < 1.29 is 14.6 Å². The van der Waals surface area contributed by atoms with Gasteiger partial charge in [0.15, 0.2) is 0 Å². The smallest absolute Gasteiger partial charge is 0.222 e. The van der Waals surface area contributed by atoms with Crippen LogP contribution < -0.4 is 4.74 Å². The van der Waals surface area contributed by atoms with Gasteiger partial charge in [-0.15, -0.1) is 0 Å². The maximum Gasteiger partial charge on any atom is 0.222 e. The maximum absolute atomic E-state index is 12.1. The number of ether oxygens (including phenoxy) is 1. The lowest BCUT2D eigenvalue weighted by Gasteiger charge is -2.17. The minimum Gasteiger partial charge on any atom is -0.494 e. The number of likely N-dealkylation sites (tertiary alicyclic amines) is 1. The number of aryl methyl sites for hydroxylation is 1. The quantitative estimate of drug-likeness (QED) is 0.818. The van der Waals surface area contributed by atoms with Gasteiger partial charge in [0.25, 0.3) is 0 Å². The van der Waals surface area contributed by atoms with Crippen LogP contribution in [-0.4, -0.2) is 41.7 Å². The molecule has 1 fully saturated rings. The Bertz CT molecular complexity index is 519. The van der Waals surface area contributed by atoms with Gasteiger partial charge in [-0.2, -0.15) is 0 Å².